The van der Waals surface area contributed by atoms with Gasteiger partial charge in [0.15, 0.2) is 0 Å². The number of hydrogen-bond donors (Lipinski definition) is 0. The van der Waals surface area contributed by atoms with Gasteiger partial charge in [-0.2, -0.15) is 5.26 Å². The van der Waals surface area contributed by atoms with Crippen LogP contribution in [-0.2, 0) is 0 Å². The topological polar surface area (TPSA) is 33.0 Å². The van der Waals surface area contributed by atoms with Crippen molar-refractivity contribution in [2.75, 3.05) is 0 Å². The number of nitriles is 1. The van der Waals surface area contributed by atoms with Gasteiger partial charge in [-0.15, -0.1) is 0 Å². The molecule has 0 bridgehead atoms. The molecule has 2 atom stereocenters. The highest BCUT2D eigenvalue weighted by molar-refractivity contribution is 6.30. The van der Waals surface area contributed by atoms with Crippen LogP contribution in [0, 0.1) is 24.2 Å². The maximum Gasteiger partial charge on any atom is 0.122 e. The summed E-state index contributed by atoms with van der Waals surface area (Å²) in [6.07, 6.45) is 4.25. The van der Waals surface area contributed by atoms with Crippen LogP contribution in [0.15, 0.2) is 18.2 Å². The molecule has 0 amide bonds. The highest BCUT2D eigenvalue weighted by atomic mass is 35.5. The second-order valence-corrected chi connectivity index (χ2v) is 5.02. The summed E-state index contributed by atoms with van der Waals surface area (Å²) in [7, 11) is 0. The van der Waals surface area contributed by atoms with Crippen LogP contribution in [0.2, 0.25) is 5.02 Å². The summed E-state index contributed by atoms with van der Waals surface area (Å²) in [5.41, 5.74) is 1.03. The maximum absolute atomic E-state index is 9.10. The van der Waals surface area contributed by atoms with Crippen molar-refractivity contribution in [3.8, 4) is 11.8 Å². The van der Waals surface area contributed by atoms with Crippen molar-refractivity contribution in [3.05, 3.63) is 28.8 Å². The number of halogens is 1. The fourth-order valence-electron chi connectivity index (χ4n) is 2.29. The van der Waals surface area contributed by atoms with Crippen LogP contribution in [0.3, 0.4) is 0 Å². The van der Waals surface area contributed by atoms with Crippen molar-refractivity contribution in [2.24, 2.45) is 5.92 Å². The predicted molar refractivity (Wildman–Crippen MR) is 68.2 cm³/mol. The Hall–Kier alpha value is -1.20. The fraction of sp³-hybridized carbons (Fsp3) is 0.500. The smallest absolute Gasteiger partial charge is 0.122 e. The van der Waals surface area contributed by atoms with E-state index in [-0.39, 0.29) is 12.0 Å². The lowest BCUT2D eigenvalue weighted by atomic mass is 9.87. The van der Waals surface area contributed by atoms with E-state index < -0.39 is 0 Å². The highest BCUT2D eigenvalue weighted by Crippen LogP contribution is 2.30. The molecule has 1 aliphatic rings. The van der Waals surface area contributed by atoms with E-state index in [0.29, 0.717) is 0 Å². The Morgan fingerprint density at radius 3 is 2.82 bits per heavy atom. The SMILES string of the molecule is Cc1cc(Cl)ccc1OC1CCCCC1C#N. The molecule has 0 radical (unpaired) electrons. The second-order valence-electron chi connectivity index (χ2n) is 4.59. The molecule has 1 aromatic rings. The van der Waals surface area contributed by atoms with Gasteiger partial charge in [0.05, 0.1) is 12.0 Å². The summed E-state index contributed by atoms with van der Waals surface area (Å²) in [4.78, 5) is 0. The molecule has 2 unspecified atom stereocenters. The largest absolute Gasteiger partial charge is 0.489 e. The molecule has 0 N–H and O–H groups in total. The molecule has 0 saturated heterocycles. The maximum atomic E-state index is 9.10. The Kier molecular flexibility index (Phi) is 3.91. The van der Waals surface area contributed by atoms with Gasteiger partial charge in [-0.05, 0) is 49.9 Å². The van der Waals surface area contributed by atoms with E-state index >= 15 is 0 Å². The zero-order chi connectivity index (χ0) is 12.3. The summed E-state index contributed by atoms with van der Waals surface area (Å²) in [6.45, 7) is 1.98. The summed E-state index contributed by atoms with van der Waals surface area (Å²) >= 11 is 5.91. The molecule has 2 rings (SSSR count). The summed E-state index contributed by atoms with van der Waals surface area (Å²) in [6, 6.07) is 7.96. The third-order valence-electron chi connectivity index (χ3n) is 3.28. The summed E-state index contributed by atoms with van der Waals surface area (Å²) < 4.78 is 5.96. The van der Waals surface area contributed by atoms with Gasteiger partial charge in [-0.25, -0.2) is 0 Å². The van der Waals surface area contributed by atoms with Gasteiger partial charge in [-0.3, -0.25) is 0 Å². The number of aryl methyl sites for hydroxylation is 1. The third kappa shape index (κ3) is 2.92. The quantitative estimate of drug-likeness (QED) is 0.790. The molecule has 1 saturated carbocycles. The van der Waals surface area contributed by atoms with Crippen molar-refractivity contribution >= 4 is 11.6 Å². The Morgan fingerprint density at radius 2 is 2.12 bits per heavy atom. The van der Waals surface area contributed by atoms with Gasteiger partial charge >= 0.3 is 0 Å². The first-order valence-corrected chi connectivity index (χ1v) is 6.41. The van der Waals surface area contributed by atoms with Gasteiger partial charge in [0.25, 0.3) is 0 Å². The minimum absolute atomic E-state index is 0.0267. The van der Waals surface area contributed by atoms with Crippen LogP contribution < -0.4 is 4.74 Å². The zero-order valence-corrected chi connectivity index (χ0v) is 10.7. The van der Waals surface area contributed by atoms with E-state index in [4.69, 9.17) is 21.6 Å². The number of benzene rings is 1. The lowest BCUT2D eigenvalue weighted by molar-refractivity contribution is 0.119. The number of nitrogens with zero attached hydrogens (tertiary/aromatic N) is 1. The van der Waals surface area contributed by atoms with Crippen LogP contribution in [0.1, 0.15) is 31.2 Å². The average Bonchev–Trinajstić information content (AvgIpc) is 2.33. The van der Waals surface area contributed by atoms with Gasteiger partial charge < -0.3 is 4.74 Å². The minimum atomic E-state index is 0.0267. The second kappa shape index (κ2) is 5.42. The molecule has 0 aliphatic heterocycles. The summed E-state index contributed by atoms with van der Waals surface area (Å²) in [5.74, 6) is 0.875. The van der Waals surface area contributed by atoms with E-state index in [1.54, 1.807) is 0 Å². The van der Waals surface area contributed by atoms with Gasteiger partial charge in [0, 0.05) is 5.02 Å². The normalized spacial score (nSPS) is 24.1. The molecule has 0 spiro atoms. The number of ether oxygens (including phenoxy) is 1. The Balaban J connectivity index is 2.11. The van der Waals surface area contributed by atoms with Crippen molar-refractivity contribution in [2.45, 2.75) is 38.7 Å². The first-order chi connectivity index (χ1) is 8.20. The number of rotatable bonds is 2. The van der Waals surface area contributed by atoms with E-state index in [0.717, 1.165) is 42.0 Å². The molecule has 3 heteroatoms. The minimum Gasteiger partial charge on any atom is -0.489 e. The van der Waals surface area contributed by atoms with Gasteiger partial charge in [0.1, 0.15) is 11.9 Å². The van der Waals surface area contributed by atoms with Crippen LogP contribution in [0.25, 0.3) is 0 Å². The molecule has 90 valence electrons. The molecule has 2 nitrogen and oxygen atoms in total. The Labute approximate surface area is 107 Å². The van der Waals surface area contributed by atoms with E-state index in [2.05, 4.69) is 6.07 Å². The standard InChI is InChI=1S/C14H16ClNO/c1-10-8-12(15)6-7-13(10)17-14-5-3-2-4-11(14)9-16/h6-8,11,14H,2-5H2,1H3. The number of hydrogen-bond acceptors (Lipinski definition) is 2. The predicted octanol–water partition coefficient (Wildman–Crippen LogP) is 4.11. The highest BCUT2D eigenvalue weighted by Gasteiger charge is 2.26. The van der Waals surface area contributed by atoms with Crippen molar-refractivity contribution in [1.82, 2.24) is 0 Å². The van der Waals surface area contributed by atoms with Gasteiger partial charge in [-0.1, -0.05) is 18.0 Å². The van der Waals surface area contributed by atoms with Crippen molar-refractivity contribution in [3.63, 3.8) is 0 Å². The van der Waals surface area contributed by atoms with Crippen LogP contribution in [-0.4, -0.2) is 6.10 Å². The van der Waals surface area contributed by atoms with Crippen LogP contribution in [0.5, 0.6) is 5.75 Å². The molecule has 1 aromatic carbocycles. The van der Waals surface area contributed by atoms with Gasteiger partial charge in [0.2, 0.25) is 0 Å². The van der Waals surface area contributed by atoms with Crippen molar-refractivity contribution in [1.29, 1.82) is 5.26 Å². The van der Waals surface area contributed by atoms with Crippen molar-refractivity contribution < 1.29 is 4.74 Å². The Morgan fingerprint density at radius 1 is 1.35 bits per heavy atom. The molecule has 1 aliphatic carbocycles. The molecule has 0 aromatic heterocycles. The van der Waals surface area contributed by atoms with E-state index in [9.17, 15) is 0 Å². The molecule has 0 heterocycles. The molecular formula is C14H16ClNO. The monoisotopic (exact) mass is 249 g/mol. The van der Waals surface area contributed by atoms with Crippen LogP contribution >= 0.6 is 11.6 Å². The first-order valence-electron chi connectivity index (χ1n) is 6.03. The summed E-state index contributed by atoms with van der Waals surface area (Å²) in [5, 5.41) is 9.82. The molecule has 1 fully saturated rings. The lowest BCUT2D eigenvalue weighted by Gasteiger charge is -2.28. The lowest BCUT2D eigenvalue weighted by Crippen LogP contribution is -2.29. The molecular weight excluding hydrogens is 234 g/mol. The van der Waals surface area contributed by atoms with Crippen LogP contribution in [0.4, 0.5) is 0 Å². The first kappa shape index (κ1) is 12.3. The van der Waals surface area contributed by atoms with E-state index in [1.165, 1.54) is 0 Å². The fourth-order valence-corrected chi connectivity index (χ4v) is 2.52. The average molecular weight is 250 g/mol. The molecule has 17 heavy (non-hydrogen) atoms. The Bertz CT molecular complexity index is 438. The zero-order valence-electron chi connectivity index (χ0n) is 9.95. The third-order valence-corrected chi connectivity index (χ3v) is 3.52. The van der Waals surface area contributed by atoms with E-state index in [1.807, 2.05) is 25.1 Å².